The quantitative estimate of drug-likeness (QED) is 0.367. The minimum atomic E-state index is -0.313. The number of allylic oxidation sites excluding steroid dienone is 11. The molecule has 6 aliphatic rings. The van der Waals surface area contributed by atoms with Crippen LogP contribution in [0.15, 0.2) is 71.0 Å². The Morgan fingerprint density at radius 1 is 0.946 bits per heavy atom. The molecule has 0 aromatic heterocycles. The molecule has 0 aromatic carbocycles. The van der Waals surface area contributed by atoms with Crippen LogP contribution in [0, 0.1) is 35.0 Å². The van der Waals surface area contributed by atoms with Crippen LogP contribution in [0.3, 0.4) is 0 Å². The number of hydrogen-bond donors (Lipinski definition) is 0. The summed E-state index contributed by atoms with van der Waals surface area (Å²) in [5, 5.41) is 0. The van der Waals surface area contributed by atoms with Gasteiger partial charge in [-0.05, 0) is 99.7 Å². The lowest BCUT2D eigenvalue weighted by Crippen LogP contribution is -2.41. The fourth-order valence-electron chi connectivity index (χ4n) is 8.08. The predicted octanol–water partition coefficient (Wildman–Crippen LogP) is 7.93. The van der Waals surface area contributed by atoms with E-state index < -0.39 is 0 Å². The van der Waals surface area contributed by atoms with Crippen LogP contribution in [0.25, 0.3) is 0 Å². The summed E-state index contributed by atoms with van der Waals surface area (Å²) in [6.07, 6.45) is 28.4. The van der Waals surface area contributed by atoms with Gasteiger partial charge in [0.25, 0.3) is 0 Å². The standard InChI is InChI=1S/C33H45BO3/c1-22-16-23-8-7-15-33(20-22,21-23)29-19-27(12-14-30(29)35-6)24-9-10-26-18-28(13-11-25(26)17-24)34-36-31(2,3)32(4,5)37-34/h9-11,13-14,17-19,22-23,25-27H,7-8,12,15-16,20-21H2,1-6H3. The normalized spacial score (nSPS) is 39.8. The lowest BCUT2D eigenvalue weighted by atomic mass is 9.55. The van der Waals surface area contributed by atoms with Crippen LogP contribution in [0.2, 0.25) is 0 Å². The Kier molecular flexibility index (Phi) is 6.31. The van der Waals surface area contributed by atoms with Crippen molar-refractivity contribution in [2.24, 2.45) is 35.0 Å². The Morgan fingerprint density at radius 3 is 2.43 bits per heavy atom. The number of rotatable bonds is 4. The second-order valence-corrected chi connectivity index (χ2v) is 13.8. The highest BCUT2D eigenvalue weighted by Gasteiger charge is 2.52. The van der Waals surface area contributed by atoms with Crippen molar-refractivity contribution in [3.63, 3.8) is 0 Å². The summed E-state index contributed by atoms with van der Waals surface area (Å²) in [6.45, 7) is 10.9. The summed E-state index contributed by atoms with van der Waals surface area (Å²) in [6, 6.07) is 0. The van der Waals surface area contributed by atoms with Crippen molar-refractivity contribution in [3.05, 3.63) is 71.0 Å². The van der Waals surface area contributed by atoms with Gasteiger partial charge in [0.1, 0.15) is 5.76 Å². The first-order valence-corrected chi connectivity index (χ1v) is 14.7. The molecule has 0 N–H and O–H groups in total. The van der Waals surface area contributed by atoms with Gasteiger partial charge in [-0.25, -0.2) is 0 Å². The first-order valence-electron chi connectivity index (χ1n) is 14.7. The smallest absolute Gasteiger partial charge is 0.494 e. The molecule has 3 nitrogen and oxygen atoms in total. The molecule has 0 amide bonds. The molecule has 2 bridgehead atoms. The van der Waals surface area contributed by atoms with E-state index in [4.69, 9.17) is 14.0 Å². The Balaban J connectivity index is 1.22. The van der Waals surface area contributed by atoms with E-state index in [0.717, 1.165) is 29.5 Å². The van der Waals surface area contributed by atoms with Crippen molar-refractivity contribution in [3.8, 4) is 0 Å². The number of hydrogen-bond acceptors (Lipinski definition) is 3. The minimum absolute atomic E-state index is 0.293. The van der Waals surface area contributed by atoms with Crippen molar-refractivity contribution in [1.29, 1.82) is 0 Å². The largest absolute Gasteiger partial charge is 0.497 e. The molecular weight excluding hydrogens is 455 g/mol. The third kappa shape index (κ3) is 4.46. The van der Waals surface area contributed by atoms with Crippen molar-refractivity contribution in [1.82, 2.24) is 0 Å². The third-order valence-electron chi connectivity index (χ3n) is 10.6. The van der Waals surface area contributed by atoms with Gasteiger partial charge >= 0.3 is 7.12 Å². The molecule has 198 valence electrons. The number of ether oxygens (including phenoxy) is 1. The van der Waals surface area contributed by atoms with E-state index in [1.807, 2.05) is 7.11 Å². The molecule has 6 unspecified atom stereocenters. The minimum Gasteiger partial charge on any atom is -0.497 e. The molecular formula is C33H45BO3. The Labute approximate surface area is 224 Å². The summed E-state index contributed by atoms with van der Waals surface area (Å²) in [4.78, 5) is 0. The third-order valence-corrected chi connectivity index (χ3v) is 10.6. The fourth-order valence-corrected chi connectivity index (χ4v) is 8.08. The van der Waals surface area contributed by atoms with Crippen LogP contribution in [-0.2, 0) is 14.0 Å². The van der Waals surface area contributed by atoms with E-state index in [0.29, 0.717) is 23.2 Å². The summed E-state index contributed by atoms with van der Waals surface area (Å²) in [5.74, 6) is 4.03. The second-order valence-electron chi connectivity index (χ2n) is 13.8. The molecule has 0 radical (unpaired) electrons. The van der Waals surface area contributed by atoms with Crippen molar-refractivity contribution in [2.45, 2.75) is 90.8 Å². The Bertz CT molecular complexity index is 1100. The molecule has 5 aliphatic carbocycles. The summed E-state index contributed by atoms with van der Waals surface area (Å²) >= 11 is 0. The summed E-state index contributed by atoms with van der Waals surface area (Å²) in [7, 11) is 1.57. The topological polar surface area (TPSA) is 27.7 Å². The first-order chi connectivity index (χ1) is 17.6. The van der Waals surface area contributed by atoms with E-state index in [2.05, 4.69) is 83.2 Å². The van der Waals surface area contributed by atoms with Gasteiger partial charge in [-0.1, -0.05) is 62.3 Å². The maximum atomic E-state index is 6.32. The van der Waals surface area contributed by atoms with Gasteiger partial charge < -0.3 is 14.0 Å². The van der Waals surface area contributed by atoms with Crippen LogP contribution in [0.4, 0.5) is 0 Å². The molecule has 3 fully saturated rings. The lowest BCUT2D eigenvalue weighted by Gasteiger charge is -2.50. The highest BCUT2D eigenvalue weighted by atomic mass is 16.7. The molecule has 1 heterocycles. The molecule has 4 heteroatoms. The molecule has 6 rings (SSSR count). The number of methoxy groups -OCH3 is 1. The van der Waals surface area contributed by atoms with Crippen LogP contribution >= 0.6 is 0 Å². The molecule has 1 aliphatic heterocycles. The van der Waals surface area contributed by atoms with Gasteiger partial charge in [-0.2, -0.15) is 0 Å². The average Bonchev–Trinajstić information content (AvgIpc) is 3.09. The van der Waals surface area contributed by atoms with Gasteiger partial charge in [-0.15, -0.1) is 0 Å². The molecule has 0 aromatic rings. The monoisotopic (exact) mass is 500 g/mol. The van der Waals surface area contributed by atoms with Gasteiger partial charge in [-0.3, -0.25) is 0 Å². The Hall–Kier alpha value is -1.78. The van der Waals surface area contributed by atoms with Crippen LogP contribution < -0.4 is 0 Å². The van der Waals surface area contributed by atoms with E-state index in [1.54, 1.807) is 0 Å². The predicted molar refractivity (Wildman–Crippen MR) is 152 cm³/mol. The number of fused-ring (bicyclic) bond motifs is 3. The van der Waals surface area contributed by atoms with Crippen LogP contribution in [-0.4, -0.2) is 25.4 Å². The molecule has 37 heavy (non-hydrogen) atoms. The zero-order valence-corrected chi connectivity index (χ0v) is 23.8. The van der Waals surface area contributed by atoms with Gasteiger partial charge in [0.2, 0.25) is 0 Å². The van der Waals surface area contributed by atoms with Crippen molar-refractivity contribution in [2.75, 3.05) is 7.11 Å². The molecule has 6 atom stereocenters. The maximum Gasteiger partial charge on any atom is 0.494 e. The summed E-state index contributed by atoms with van der Waals surface area (Å²) < 4.78 is 18.6. The van der Waals surface area contributed by atoms with Crippen molar-refractivity contribution < 1.29 is 14.0 Å². The fraction of sp³-hybridized carbons (Fsp3) is 0.636. The molecule has 1 saturated heterocycles. The zero-order valence-electron chi connectivity index (χ0n) is 23.8. The van der Waals surface area contributed by atoms with Crippen LogP contribution in [0.5, 0.6) is 0 Å². The highest BCUT2D eigenvalue weighted by molar-refractivity contribution is 6.55. The SMILES string of the molecule is COC1=CCC(C2=CC3C=CC(B4OC(C)(C)C(C)(C)O4)=CC3C=C2)C=C1C12CCCC(CC(C)C1)C2. The highest BCUT2D eigenvalue weighted by Crippen LogP contribution is 2.57. The van der Waals surface area contributed by atoms with E-state index >= 15 is 0 Å². The van der Waals surface area contributed by atoms with Gasteiger partial charge in [0, 0.05) is 17.8 Å². The van der Waals surface area contributed by atoms with Gasteiger partial charge in [0.05, 0.1) is 18.3 Å². The van der Waals surface area contributed by atoms with E-state index in [9.17, 15) is 0 Å². The maximum absolute atomic E-state index is 6.32. The lowest BCUT2D eigenvalue weighted by molar-refractivity contribution is 0.00578. The van der Waals surface area contributed by atoms with Crippen LogP contribution in [0.1, 0.15) is 79.6 Å². The van der Waals surface area contributed by atoms with Gasteiger partial charge in [0.15, 0.2) is 0 Å². The average molecular weight is 501 g/mol. The van der Waals surface area contributed by atoms with Crippen molar-refractivity contribution >= 4 is 7.12 Å². The van der Waals surface area contributed by atoms with E-state index in [-0.39, 0.29) is 18.3 Å². The second kappa shape index (κ2) is 9.16. The zero-order chi connectivity index (χ0) is 26.0. The molecule has 2 saturated carbocycles. The molecule has 0 spiro atoms. The van der Waals surface area contributed by atoms with E-state index in [1.165, 1.54) is 49.7 Å². The summed E-state index contributed by atoms with van der Waals surface area (Å²) in [5.41, 5.74) is 3.80. The Morgan fingerprint density at radius 2 is 1.68 bits per heavy atom. The first kappa shape index (κ1) is 25.5.